The number of amides is 2. The van der Waals surface area contributed by atoms with Gasteiger partial charge in [0, 0.05) is 5.92 Å². The van der Waals surface area contributed by atoms with Crippen molar-refractivity contribution in [3.05, 3.63) is 29.6 Å². The van der Waals surface area contributed by atoms with Crippen molar-refractivity contribution in [2.24, 2.45) is 11.8 Å². The Labute approximate surface area is 113 Å². The first kappa shape index (κ1) is 14.4. The van der Waals surface area contributed by atoms with E-state index >= 15 is 0 Å². The Hall–Kier alpha value is -2.05. The van der Waals surface area contributed by atoms with E-state index in [4.69, 9.17) is 0 Å². The highest BCUT2D eigenvalue weighted by Crippen LogP contribution is 2.37. The number of hydrogen-bond acceptors (Lipinski definition) is 2. The van der Waals surface area contributed by atoms with Crippen molar-refractivity contribution in [2.45, 2.75) is 13.3 Å². The lowest BCUT2D eigenvalue weighted by Crippen LogP contribution is -2.34. The molecule has 0 saturated heterocycles. The molecule has 0 heterocycles. The monoisotopic (exact) mass is 286 g/mol. The third-order valence-corrected chi connectivity index (χ3v) is 3.18. The summed E-state index contributed by atoms with van der Waals surface area (Å²) in [7, 11) is 0. The Morgan fingerprint density at radius 2 is 1.90 bits per heavy atom. The molecule has 20 heavy (non-hydrogen) atoms. The van der Waals surface area contributed by atoms with Gasteiger partial charge in [0.2, 0.25) is 11.8 Å². The zero-order valence-corrected chi connectivity index (χ0v) is 10.7. The van der Waals surface area contributed by atoms with Crippen LogP contribution in [0.4, 0.5) is 18.9 Å². The van der Waals surface area contributed by atoms with Gasteiger partial charge in [-0.15, -0.1) is 0 Å². The standard InChI is InChI=1S/C13H13F3N2O2/c1-6-4-7(6)13(20)17-5-10(19)18-9-3-2-8(14)11(15)12(9)16/h2-3,6-7H,4-5H2,1H3,(H,17,20)(H,18,19)/t6-,7-/m1/s1. The van der Waals surface area contributed by atoms with Gasteiger partial charge in [0.15, 0.2) is 17.5 Å². The van der Waals surface area contributed by atoms with Crippen LogP contribution >= 0.6 is 0 Å². The lowest BCUT2D eigenvalue weighted by Gasteiger charge is -2.08. The fourth-order valence-corrected chi connectivity index (χ4v) is 1.80. The largest absolute Gasteiger partial charge is 0.347 e. The molecule has 1 saturated carbocycles. The lowest BCUT2D eigenvalue weighted by atomic mass is 10.2. The highest BCUT2D eigenvalue weighted by atomic mass is 19.2. The molecule has 0 spiro atoms. The van der Waals surface area contributed by atoms with Crippen molar-refractivity contribution in [3.63, 3.8) is 0 Å². The van der Waals surface area contributed by atoms with Crippen LogP contribution in [0.15, 0.2) is 12.1 Å². The first-order valence-electron chi connectivity index (χ1n) is 6.11. The number of benzene rings is 1. The minimum absolute atomic E-state index is 0.0807. The minimum Gasteiger partial charge on any atom is -0.347 e. The summed E-state index contributed by atoms with van der Waals surface area (Å²) in [6.45, 7) is 1.57. The summed E-state index contributed by atoms with van der Waals surface area (Å²) in [5.74, 6) is -5.19. The maximum absolute atomic E-state index is 13.3. The molecule has 1 aliphatic rings. The fourth-order valence-electron chi connectivity index (χ4n) is 1.80. The van der Waals surface area contributed by atoms with E-state index in [0.717, 1.165) is 12.5 Å². The highest BCUT2D eigenvalue weighted by Gasteiger charge is 2.38. The average molecular weight is 286 g/mol. The van der Waals surface area contributed by atoms with Gasteiger partial charge in [0.1, 0.15) is 0 Å². The molecular weight excluding hydrogens is 273 g/mol. The Morgan fingerprint density at radius 1 is 1.25 bits per heavy atom. The molecule has 2 rings (SSSR count). The summed E-state index contributed by atoms with van der Waals surface area (Å²) in [5, 5.41) is 4.47. The van der Waals surface area contributed by atoms with Crippen molar-refractivity contribution in [1.82, 2.24) is 5.32 Å². The van der Waals surface area contributed by atoms with E-state index in [2.05, 4.69) is 10.6 Å². The molecule has 0 aliphatic heterocycles. The second kappa shape index (κ2) is 5.52. The first-order chi connectivity index (χ1) is 9.40. The van der Waals surface area contributed by atoms with Crippen LogP contribution in [0, 0.1) is 29.3 Å². The average Bonchev–Trinajstić information content (AvgIpc) is 3.14. The molecule has 2 amide bonds. The molecule has 1 fully saturated rings. The van der Waals surface area contributed by atoms with Crippen LogP contribution in [-0.2, 0) is 9.59 Å². The van der Waals surface area contributed by atoms with E-state index in [-0.39, 0.29) is 18.4 Å². The SMILES string of the molecule is C[C@@H]1C[C@H]1C(=O)NCC(=O)Nc1ccc(F)c(F)c1F. The maximum atomic E-state index is 13.3. The van der Waals surface area contributed by atoms with Crippen LogP contribution in [0.25, 0.3) is 0 Å². The van der Waals surface area contributed by atoms with E-state index in [1.807, 2.05) is 6.92 Å². The Kier molecular flexibility index (Phi) is 3.96. The Balaban J connectivity index is 1.88. The van der Waals surface area contributed by atoms with Crippen LogP contribution in [0.3, 0.4) is 0 Å². The molecule has 2 N–H and O–H groups in total. The van der Waals surface area contributed by atoms with E-state index in [1.54, 1.807) is 0 Å². The summed E-state index contributed by atoms with van der Waals surface area (Å²) in [5.41, 5.74) is -0.470. The minimum atomic E-state index is -1.65. The second-order valence-corrected chi connectivity index (χ2v) is 4.81. The number of rotatable bonds is 4. The smallest absolute Gasteiger partial charge is 0.243 e. The number of anilines is 1. The van der Waals surface area contributed by atoms with Gasteiger partial charge >= 0.3 is 0 Å². The van der Waals surface area contributed by atoms with E-state index in [9.17, 15) is 22.8 Å². The lowest BCUT2D eigenvalue weighted by molar-refractivity contribution is -0.125. The maximum Gasteiger partial charge on any atom is 0.243 e. The third-order valence-electron chi connectivity index (χ3n) is 3.18. The molecule has 1 aromatic carbocycles. The molecular formula is C13H13F3N2O2. The topological polar surface area (TPSA) is 58.2 Å². The zero-order valence-electron chi connectivity index (χ0n) is 10.7. The second-order valence-electron chi connectivity index (χ2n) is 4.81. The van der Waals surface area contributed by atoms with Gasteiger partial charge in [-0.3, -0.25) is 9.59 Å². The van der Waals surface area contributed by atoms with Gasteiger partial charge in [-0.2, -0.15) is 0 Å². The predicted octanol–water partition coefficient (Wildman–Crippen LogP) is 1.81. The van der Waals surface area contributed by atoms with Crippen molar-refractivity contribution in [1.29, 1.82) is 0 Å². The highest BCUT2D eigenvalue weighted by molar-refractivity contribution is 5.95. The normalized spacial score (nSPS) is 20.4. The molecule has 1 aliphatic carbocycles. The number of hydrogen-bond donors (Lipinski definition) is 2. The molecule has 0 unspecified atom stereocenters. The molecule has 4 nitrogen and oxygen atoms in total. The fraction of sp³-hybridized carbons (Fsp3) is 0.385. The van der Waals surface area contributed by atoms with Gasteiger partial charge in [0.25, 0.3) is 0 Å². The first-order valence-corrected chi connectivity index (χ1v) is 6.11. The summed E-state index contributed by atoms with van der Waals surface area (Å²) in [4.78, 5) is 22.9. The quantitative estimate of drug-likeness (QED) is 0.829. The molecule has 108 valence electrons. The number of halogens is 3. The number of nitrogens with one attached hydrogen (secondary N) is 2. The zero-order chi connectivity index (χ0) is 14.9. The van der Waals surface area contributed by atoms with Crippen LogP contribution in [0.5, 0.6) is 0 Å². The summed E-state index contributed by atoms with van der Waals surface area (Å²) >= 11 is 0. The molecule has 2 atom stereocenters. The molecule has 0 aromatic heterocycles. The molecule has 0 radical (unpaired) electrons. The van der Waals surface area contributed by atoms with Crippen molar-refractivity contribution in [3.8, 4) is 0 Å². The van der Waals surface area contributed by atoms with Crippen LogP contribution in [0.2, 0.25) is 0 Å². The van der Waals surface area contributed by atoms with Crippen molar-refractivity contribution >= 4 is 17.5 Å². The summed E-state index contributed by atoms with van der Waals surface area (Å²) < 4.78 is 38.9. The van der Waals surface area contributed by atoms with Crippen LogP contribution < -0.4 is 10.6 Å². The van der Waals surface area contributed by atoms with Gasteiger partial charge in [-0.05, 0) is 24.5 Å². The van der Waals surface area contributed by atoms with Gasteiger partial charge in [-0.25, -0.2) is 13.2 Å². The third kappa shape index (κ3) is 3.09. The number of carbonyl (C=O) groups is 2. The van der Waals surface area contributed by atoms with Gasteiger partial charge < -0.3 is 10.6 Å². The van der Waals surface area contributed by atoms with Gasteiger partial charge in [-0.1, -0.05) is 6.92 Å². The predicted molar refractivity (Wildman–Crippen MR) is 65.2 cm³/mol. The van der Waals surface area contributed by atoms with Crippen LogP contribution in [-0.4, -0.2) is 18.4 Å². The summed E-state index contributed by atoms with van der Waals surface area (Å²) in [6.07, 6.45) is 0.783. The molecule has 0 bridgehead atoms. The van der Waals surface area contributed by atoms with E-state index in [0.29, 0.717) is 12.0 Å². The Bertz CT molecular complexity index is 563. The van der Waals surface area contributed by atoms with Crippen LogP contribution in [0.1, 0.15) is 13.3 Å². The Morgan fingerprint density at radius 3 is 2.50 bits per heavy atom. The van der Waals surface area contributed by atoms with Crippen molar-refractivity contribution < 1.29 is 22.8 Å². The van der Waals surface area contributed by atoms with Crippen molar-refractivity contribution in [2.75, 3.05) is 11.9 Å². The van der Waals surface area contributed by atoms with E-state index < -0.39 is 29.0 Å². The van der Waals surface area contributed by atoms with E-state index in [1.165, 1.54) is 0 Å². The molecule has 1 aromatic rings. The number of carbonyl (C=O) groups excluding carboxylic acids is 2. The van der Waals surface area contributed by atoms with Gasteiger partial charge in [0.05, 0.1) is 12.2 Å². The summed E-state index contributed by atoms with van der Waals surface area (Å²) in [6, 6.07) is 1.62. The molecule has 7 heteroatoms.